The van der Waals surface area contributed by atoms with Crippen LogP contribution in [0.4, 0.5) is 0 Å². The zero-order valence-corrected chi connectivity index (χ0v) is 20.5. The van der Waals surface area contributed by atoms with Crippen LogP contribution in [0.1, 0.15) is 30.6 Å². The maximum atomic E-state index is 12.3. The lowest BCUT2D eigenvalue weighted by molar-refractivity contribution is -0.00681. The Balaban J connectivity index is 1.33. The molecule has 8 heteroatoms. The lowest BCUT2D eigenvalue weighted by Gasteiger charge is -2.26. The molecular weight excluding hydrogens is 497 g/mol. The van der Waals surface area contributed by atoms with E-state index in [2.05, 4.69) is 4.98 Å². The highest BCUT2D eigenvalue weighted by atomic mass is 35.5. The second-order valence-corrected chi connectivity index (χ2v) is 12.0. The number of nitrogens with zero attached hydrogens (tertiary/aromatic N) is 1. The first-order valence-electron chi connectivity index (χ1n) is 10.8. The zero-order valence-electron chi connectivity index (χ0n) is 17.4. The third kappa shape index (κ3) is 4.13. The summed E-state index contributed by atoms with van der Waals surface area (Å²) in [6.07, 6.45) is 6.22. The summed E-state index contributed by atoms with van der Waals surface area (Å²) in [5.74, 6) is 0.744. The lowest BCUT2D eigenvalue weighted by atomic mass is 9.90. The molecule has 2 aromatic heterocycles. The highest BCUT2D eigenvalue weighted by molar-refractivity contribution is 8.01. The van der Waals surface area contributed by atoms with E-state index in [1.165, 1.54) is 17.8 Å². The van der Waals surface area contributed by atoms with E-state index in [-0.39, 0.29) is 0 Å². The van der Waals surface area contributed by atoms with Crippen molar-refractivity contribution in [3.05, 3.63) is 74.0 Å². The van der Waals surface area contributed by atoms with Gasteiger partial charge in [0, 0.05) is 32.6 Å². The van der Waals surface area contributed by atoms with Crippen molar-refractivity contribution in [2.24, 2.45) is 11.8 Å². The molecule has 0 radical (unpaired) electrons. The number of aliphatic hydroxyl groups is 1. The number of hydrogen-bond donors (Lipinski definition) is 1. The van der Waals surface area contributed by atoms with Crippen molar-refractivity contribution < 1.29 is 9.52 Å². The summed E-state index contributed by atoms with van der Waals surface area (Å²) in [7, 11) is 0. The molecule has 33 heavy (non-hydrogen) atoms. The molecule has 2 saturated carbocycles. The summed E-state index contributed by atoms with van der Waals surface area (Å²) in [5, 5.41) is 13.2. The molecule has 2 aliphatic carbocycles. The van der Waals surface area contributed by atoms with Crippen LogP contribution in [0.2, 0.25) is 10.0 Å². The number of aromatic nitrogens is 1. The summed E-state index contributed by atoms with van der Waals surface area (Å²) < 4.78 is 6.37. The van der Waals surface area contributed by atoms with Gasteiger partial charge in [-0.2, -0.15) is 0 Å². The molecule has 2 heterocycles. The Bertz CT molecular complexity index is 1410. The molecule has 4 aromatic rings. The number of hydrogen-bond acceptors (Lipinski definition) is 6. The summed E-state index contributed by atoms with van der Waals surface area (Å²) >= 11 is 15.4. The maximum Gasteiger partial charge on any atom is 0.336 e. The molecule has 1 N–H and O–H groups in total. The third-order valence-corrected chi connectivity index (χ3v) is 9.01. The van der Waals surface area contributed by atoms with Crippen LogP contribution in [-0.4, -0.2) is 10.1 Å². The maximum absolute atomic E-state index is 12.3. The minimum atomic E-state index is -0.709. The van der Waals surface area contributed by atoms with Gasteiger partial charge in [-0.3, -0.25) is 0 Å². The number of fused-ring (bicyclic) bond motifs is 1. The Kier molecular flexibility index (Phi) is 5.35. The van der Waals surface area contributed by atoms with Gasteiger partial charge < -0.3 is 9.52 Å². The van der Waals surface area contributed by atoms with Gasteiger partial charge in [-0.1, -0.05) is 35.0 Å². The fourth-order valence-corrected chi connectivity index (χ4v) is 7.28. The minimum Gasteiger partial charge on any atom is -0.423 e. The van der Waals surface area contributed by atoms with Gasteiger partial charge in [0.1, 0.15) is 11.2 Å². The van der Waals surface area contributed by atoms with Gasteiger partial charge >= 0.3 is 5.63 Å². The van der Waals surface area contributed by atoms with Gasteiger partial charge in [-0.05, 0) is 85.0 Å². The summed E-state index contributed by atoms with van der Waals surface area (Å²) in [6.45, 7) is 0. The van der Waals surface area contributed by atoms with Crippen LogP contribution in [-0.2, 0) is 5.60 Å². The Hall–Kier alpha value is -1.83. The first kappa shape index (κ1) is 21.7. The summed E-state index contributed by atoms with van der Waals surface area (Å²) in [5.41, 5.74) is 0.821. The Morgan fingerprint density at radius 3 is 2.39 bits per heavy atom. The molecule has 0 spiro atoms. The Labute approximate surface area is 208 Å². The molecule has 0 unspecified atom stereocenters. The van der Waals surface area contributed by atoms with Crippen LogP contribution >= 0.6 is 46.3 Å². The van der Waals surface area contributed by atoms with Crippen molar-refractivity contribution in [3.8, 4) is 11.1 Å². The highest BCUT2D eigenvalue weighted by Gasteiger charge is 2.55. The second kappa shape index (κ2) is 8.14. The van der Waals surface area contributed by atoms with Crippen LogP contribution < -0.4 is 5.63 Å². The van der Waals surface area contributed by atoms with Crippen LogP contribution in [0.25, 0.3) is 22.1 Å². The average Bonchev–Trinajstić information content (AvgIpc) is 3.69. The van der Waals surface area contributed by atoms with Gasteiger partial charge in [0.15, 0.2) is 4.34 Å². The van der Waals surface area contributed by atoms with E-state index < -0.39 is 11.2 Å². The molecule has 2 aromatic carbocycles. The monoisotopic (exact) mass is 515 g/mol. The molecule has 168 valence electrons. The SMILES string of the molecule is O=c1cc(-c2cc(Cl)cc(Cl)c2)c2ccc(Sc3ncc(C(O)(C4CC4)C4CC4)s3)cc2o1. The third-order valence-electron chi connectivity index (χ3n) is 6.37. The van der Waals surface area contributed by atoms with Gasteiger partial charge in [0.2, 0.25) is 0 Å². The van der Waals surface area contributed by atoms with E-state index in [1.54, 1.807) is 29.5 Å². The van der Waals surface area contributed by atoms with Crippen LogP contribution in [0.15, 0.2) is 67.1 Å². The van der Waals surface area contributed by atoms with Crippen LogP contribution in [0.3, 0.4) is 0 Å². The fourth-order valence-electron chi connectivity index (χ4n) is 4.53. The normalized spacial score (nSPS) is 16.5. The number of benzene rings is 2. The second-order valence-electron chi connectivity index (χ2n) is 8.76. The van der Waals surface area contributed by atoms with Crippen LogP contribution in [0.5, 0.6) is 0 Å². The summed E-state index contributed by atoms with van der Waals surface area (Å²) in [6, 6.07) is 12.4. The Morgan fingerprint density at radius 2 is 1.73 bits per heavy atom. The predicted molar refractivity (Wildman–Crippen MR) is 134 cm³/mol. The average molecular weight is 516 g/mol. The van der Waals surface area contributed by atoms with E-state index in [0.29, 0.717) is 27.5 Å². The topological polar surface area (TPSA) is 63.3 Å². The molecule has 4 nitrogen and oxygen atoms in total. The Morgan fingerprint density at radius 1 is 1.03 bits per heavy atom. The molecule has 6 rings (SSSR count). The van der Waals surface area contributed by atoms with Gasteiger partial charge in [0.05, 0.1) is 4.88 Å². The standard InChI is InChI=1S/C25H19Cl2NO3S2/c26-16-7-13(8-17(27)9-16)20-11-23(29)31-21-10-18(5-6-19(20)21)32-24-28-12-22(33-24)25(30,14-1-2-14)15-3-4-15/h5-12,14-15,30H,1-4H2. The smallest absolute Gasteiger partial charge is 0.336 e. The van der Waals surface area contributed by atoms with Gasteiger partial charge in [0.25, 0.3) is 0 Å². The van der Waals surface area contributed by atoms with Crippen molar-refractivity contribution in [3.63, 3.8) is 0 Å². The van der Waals surface area contributed by atoms with E-state index in [4.69, 9.17) is 27.6 Å². The molecule has 0 bridgehead atoms. The van der Waals surface area contributed by atoms with Crippen molar-refractivity contribution in [1.82, 2.24) is 4.98 Å². The van der Waals surface area contributed by atoms with E-state index in [1.807, 2.05) is 24.4 Å². The quantitative estimate of drug-likeness (QED) is 0.271. The fraction of sp³-hybridized carbons (Fsp3) is 0.280. The molecular formula is C25H19Cl2NO3S2. The van der Waals surface area contributed by atoms with Gasteiger partial charge in [-0.25, -0.2) is 9.78 Å². The van der Waals surface area contributed by atoms with E-state index >= 15 is 0 Å². The predicted octanol–water partition coefficient (Wildman–Crippen LogP) is 7.38. The molecule has 0 saturated heterocycles. The van der Waals surface area contributed by atoms with Gasteiger partial charge in [-0.15, -0.1) is 11.3 Å². The first-order valence-corrected chi connectivity index (χ1v) is 13.2. The van der Waals surface area contributed by atoms with Crippen molar-refractivity contribution in [1.29, 1.82) is 0 Å². The lowest BCUT2D eigenvalue weighted by Crippen LogP contribution is -2.29. The van der Waals surface area contributed by atoms with E-state index in [0.717, 1.165) is 56.3 Å². The number of rotatable bonds is 6. The number of halogens is 2. The van der Waals surface area contributed by atoms with Crippen molar-refractivity contribution in [2.75, 3.05) is 0 Å². The molecule has 0 amide bonds. The van der Waals surface area contributed by atoms with E-state index in [9.17, 15) is 9.90 Å². The largest absolute Gasteiger partial charge is 0.423 e. The van der Waals surface area contributed by atoms with Crippen molar-refractivity contribution in [2.45, 2.75) is 40.5 Å². The highest BCUT2D eigenvalue weighted by Crippen LogP contribution is 2.58. The molecule has 2 fully saturated rings. The molecule has 0 aliphatic heterocycles. The molecule has 0 atom stereocenters. The summed E-state index contributed by atoms with van der Waals surface area (Å²) in [4.78, 5) is 18.8. The molecule has 2 aliphatic rings. The minimum absolute atomic E-state index is 0.372. The van der Waals surface area contributed by atoms with Crippen molar-refractivity contribution >= 4 is 57.3 Å². The van der Waals surface area contributed by atoms with Crippen LogP contribution in [0, 0.1) is 11.8 Å². The number of thiazole rings is 1. The first-order chi connectivity index (χ1) is 15.9. The zero-order chi connectivity index (χ0) is 22.7.